The summed E-state index contributed by atoms with van der Waals surface area (Å²) in [6, 6.07) is 1.81. The van der Waals surface area contributed by atoms with Crippen molar-refractivity contribution in [3.8, 4) is 17.2 Å². The van der Waals surface area contributed by atoms with Gasteiger partial charge < -0.3 is 14.2 Å². The molecule has 2 aliphatic rings. The van der Waals surface area contributed by atoms with Gasteiger partial charge in [-0.15, -0.1) is 0 Å². The van der Waals surface area contributed by atoms with Crippen molar-refractivity contribution in [3.63, 3.8) is 0 Å². The molecule has 1 aromatic carbocycles. The summed E-state index contributed by atoms with van der Waals surface area (Å²) in [4.78, 5) is 12.2. The Balaban J connectivity index is 2.21. The number of ether oxygens (including phenoxy) is 3. The van der Waals surface area contributed by atoms with E-state index < -0.39 is 5.60 Å². The Labute approximate surface area is 143 Å². The first-order valence-corrected chi connectivity index (χ1v) is 8.50. The van der Waals surface area contributed by atoms with Crippen LogP contribution in [-0.4, -0.2) is 25.6 Å². The van der Waals surface area contributed by atoms with Crippen molar-refractivity contribution in [1.29, 1.82) is 0 Å². The van der Waals surface area contributed by atoms with Crippen LogP contribution in [0.1, 0.15) is 56.0 Å². The van der Waals surface area contributed by atoms with Crippen LogP contribution in [-0.2, 0) is 0 Å². The third-order valence-electron chi connectivity index (χ3n) is 5.44. The number of carbonyl (C=O) groups excluding carboxylic acids is 1. The molecule has 130 valence electrons. The number of methoxy groups -OCH3 is 2. The van der Waals surface area contributed by atoms with Gasteiger partial charge in [-0.3, -0.25) is 4.79 Å². The SMILES string of the molecule is COc1cc(OC)c2c(c1C(C)=O)O[C@@]1(C)C=C[C@H](C(C)C)C[C@@H]21. The van der Waals surface area contributed by atoms with Crippen molar-refractivity contribution in [2.45, 2.75) is 45.6 Å². The summed E-state index contributed by atoms with van der Waals surface area (Å²) in [5, 5.41) is 0. The predicted molar refractivity (Wildman–Crippen MR) is 93.4 cm³/mol. The van der Waals surface area contributed by atoms with E-state index in [1.54, 1.807) is 21.1 Å². The first-order valence-electron chi connectivity index (χ1n) is 8.50. The number of carbonyl (C=O) groups is 1. The minimum atomic E-state index is -0.447. The lowest BCUT2D eigenvalue weighted by Gasteiger charge is -2.35. The fourth-order valence-electron chi connectivity index (χ4n) is 3.97. The summed E-state index contributed by atoms with van der Waals surface area (Å²) in [7, 11) is 3.21. The molecule has 0 saturated heterocycles. The summed E-state index contributed by atoms with van der Waals surface area (Å²) in [6.07, 6.45) is 5.39. The fraction of sp³-hybridized carbons (Fsp3) is 0.550. The molecular weight excluding hydrogens is 304 g/mol. The molecule has 0 fully saturated rings. The van der Waals surface area contributed by atoms with E-state index in [1.807, 2.05) is 6.07 Å². The molecule has 4 heteroatoms. The van der Waals surface area contributed by atoms with Gasteiger partial charge in [-0.2, -0.15) is 0 Å². The van der Waals surface area contributed by atoms with Crippen LogP contribution in [0.3, 0.4) is 0 Å². The van der Waals surface area contributed by atoms with E-state index in [0.717, 1.165) is 17.7 Å². The van der Waals surface area contributed by atoms with Crippen molar-refractivity contribution >= 4 is 5.78 Å². The topological polar surface area (TPSA) is 44.8 Å². The summed E-state index contributed by atoms with van der Waals surface area (Å²) in [5.41, 5.74) is 1.07. The Morgan fingerprint density at radius 2 is 1.96 bits per heavy atom. The van der Waals surface area contributed by atoms with Crippen molar-refractivity contribution in [2.75, 3.05) is 14.2 Å². The van der Waals surface area contributed by atoms with Gasteiger partial charge in [-0.05, 0) is 38.2 Å². The van der Waals surface area contributed by atoms with Crippen LogP contribution >= 0.6 is 0 Å². The Hall–Kier alpha value is -1.97. The number of Topliss-reactive ketones (excluding diaryl/α,β-unsaturated/α-hetero) is 1. The second kappa shape index (κ2) is 5.83. The zero-order valence-corrected chi connectivity index (χ0v) is 15.3. The number of hydrogen-bond donors (Lipinski definition) is 0. The largest absolute Gasteiger partial charge is 0.496 e. The number of fused-ring (bicyclic) bond motifs is 3. The van der Waals surface area contributed by atoms with Gasteiger partial charge in [0.25, 0.3) is 0 Å². The van der Waals surface area contributed by atoms with Crippen LogP contribution < -0.4 is 14.2 Å². The van der Waals surface area contributed by atoms with Crippen LogP contribution in [0.15, 0.2) is 18.2 Å². The quantitative estimate of drug-likeness (QED) is 0.607. The highest BCUT2D eigenvalue weighted by Gasteiger charge is 2.49. The van der Waals surface area contributed by atoms with E-state index in [-0.39, 0.29) is 11.7 Å². The zero-order chi connectivity index (χ0) is 17.6. The molecule has 0 N–H and O–H groups in total. The van der Waals surface area contributed by atoms with E-state index in [1.165, 1.54) is 0 Å². The summed E-state index contributed by atoms with van der Waals surface area (Å²) in [5.74, 6) is 3.03. The van der Waals surface area contributed by atoms with E-state index in [9.17, 15) is 4.79 Å². The number of rotatable bonds is 4. The molecule has 4 nitrogen and oxygen atoms in total. The molecule has 0 unspecified atom stereocenters. The molecule has 0 saturated carbocycles. The maximum absolute atomic E-state index is 12.2. The Kier molecular flexibility index (Phi) is 4.10. The van der Waals surface area contributed by atoms with Crippen molar-refractivity contribution < 1.29 is 19.0 Å². The van der Waals surface area contributed by atoms with Gasteiger partial charge in [0.05, 0.1) is 14.2 Å². The molecule has 0 spiro atoms. The van der Waals surface area contributed by atoms with Crippen molar-refractivity contribution in [1.82, 2.24) is 0 Å². The molecule has 1 aliphatic heterocycles. The van der Waals surface area contributed by atoms with Crippen LogP contribution in [0.4, 0.5) is 0 Å². The van der Waals surface area contributed by atoms with Gasteiger partial charge in [-0.1, -0.05) is 19.9 Å². The van der Waals surface area contributed by atoms with Crippen LogP contribution in [0.5, 0.6) is 17.2 Å². The molecular formula is C20H26O4. The summed E-state index contributed by atoms with van der Waals surface area (Å²) in [6.45, 7) is 8.10. The van der Waals surface area contributed by atoms with Crippen LogP contribution in [0.2, 0.25) is 0 Å². The van der Waals surface area contributed by atoms with Gasteiger partial charge in [0.1, 0.15) is 28.4 Å². The molecule has 0 amide bonds. The molecule has 24 heavy (non-hydrogen) atoms. The molecule has 0 radical (unpaired) electrons. The lowest BCUT2D eigenvalue weighted by Crippen LogP contribution is -2.36. The predicted octanol–water partition coefficient (Wildman–Crippen LogP) is 4.37. The molecule has 1 aromatic rings. The minimum absolute atomic E-state index is 0.0580. The molecule has 1 aliphatic carbocycles. The molecule has 3 atom stereocenters. The summed E-state index contributed by atoms with van der Waals surface area (Å²) < 4.78 is 17.4. The maximum atomic E-state index is 12.2. The number of allylic oxidation sites excluding steroid dienone is 1. The lowest BCUT2D eigenvalue weighted by atomic mass is 9.71. The van der Waals surface area contributed by atoms with Crippen LogP contribution in [0, 0.1) is 11.8 Å². The second-order valence-corrected chi connectivity index (χ2v) is 7.30. The Bertz CT molecular complexity index is 704. The standard InChI is InChI=1S/C20H26O4/c1-11(2)13-7-8-20(4)14(9-13)18-16(23-6)10-15(22-5)17(12(3)21)19(18)24-20/h7-8,10-11,13-14H,9H2,1-6H3/t13-,14-,20-/m0/s1. The second-order valence-electron chi connectivity index (χ2n) is 7.30. The highest BCUT2D eigenvalue weighted by atomic mass is 16.5. The molecule has 0 bridgehead atoms. The van der Waals surface area contributed by atoms with Gasteiger partial charge in [0.15, 0.2) is 5.78 Å². The number of benzene rings is 1. The van der Waals surface area contributed by atoms with Gasteiger partial charge in [0.2, 0.25) is 0 Å². The van der Waals surface area contributed by atoms with Crippen LogP contribution in [0.25, 0.3) is 0 Å². The third kappa shape index (κ3) is 2.40. The first-order chi connectivity index (χ1) is 11.3. The van der Waals surface area contributed by atoms with E-state index in [2.05, 4.69) is 32.9 Å². The minimum Gasteiger partial charge on any atom is -0.496 e. The third-order valence-corrected chi connectivity index (χ3v) is 5.44. The Morgan fingerprint density at radius 1 is 1.29 bits per heavy atom. The molecule has 3 rings (SSSR count). The number of hydrogen-bond acceptors (Lipinski definition) is 4. The van der Waals surface area contributed by atoms with Gasteiger partial charge in [0, 0.05) is 17.5 Å². The lowest BCUT2D eigenvalue weighted by molar-refractivity contribution is 0.0986. The Morgan fingerprint density at radius 3 is 2.50 bits per heavy atom. The van der Waals surface area contributed by atoms with Gasteiger partial charge >= 0.3 is 0 Å². The van der Waals surface area contributed by atoms with Crippen molar-refractivity contribution in [2.24, 2.45) is 11.8 Å². The summed E-state index contributed by atoms with van der Waals surface area (Å²) >= 11 is 0. The van der Waals surface area contributed by atoms with E-state index in [0.29, 0.717) is 28.9 Å². The monoisotopic (exact) mass is 330 g/mol. The zero-order valence-electron chi connectivity index (χ0n) is 15.3. The average Bonchev–Trinajstić information content (AvgIpc) is 2.84. The normalized spacial score (nSPS) is 27.5. The smallest absolute Gasteiger partial charge is 0.167 e. The highest BCUT2D eigenvalue weighted by molar-refractivity contribution is 6.01. The molecule has 1 heterocycles. The van der Waals surface area contributed by atoms with E-state index >= 15 is 0 Å². The average molecular weight is 330 g/mol. The van der Waals surface area contributed by atoms with Gasteiger partial charge in [-0.25, -0.2) is 0 Å². The number of ketones is 1. The highest BCUT2D eigenvalue weighted by Crippen LogP contribution is 2.57. The first kappa shape index (κ1) is 16.9. The van der Waals surface area contributed by atoms with E-state index in [4.69, 9.17) is 14.2 Å². The maximum Gasteiger partial charge on any atom is 0.167 e. The van der Waals surface area contributed by atoms with Crippen molar-refractivity contribution in [3.05, 3.63) is 29.3 Å². The fourth-order valence-corrected chi connectivity index (χ4v) is 3.97. The molecule has 0 aromatic heterocycles.